The maximum Gasteiger partial charge on any atom is 0.272 e. The van der Waals surface area contributed by atoms with Gasteiger partial charge in [-0.2, -0.15) is 5.10 Å². The lowest BCUT2D eigenvalue weighted by Gasteiger charge is -2.10. The van der Waals surface area contributed by atoms with E-state index in [1.807, 2.05) is 60.7 Å². The van der Waals surface area contributed by atoms with Crippen LogP contribution in [0.5, 0.6) is 5.75 Å². The molecule has 6 heteroatoms. The summed E-state index contributed by atoms with van der Waals surface area (Å²) in [6, 6.07) is 20.8. The van der Waals surface area contributed by atoms with Gasteiger partial charge >= 0.3 is 0 Å². The fraction of sp³-hybridized carbons (Fsp3) is 0.154. The van der Waals surface area contributed by atoms with E-state index < -0.39 is 0 Å². The van der Waals surface area contributed by atoms with Crippen molar-refractivity contribution < 1.29 is 9.53 Å². The number of carbonyl (C=O) groups is 1. The number of para-hydroxylation sites is 1. The zero-order chi connectivity index (χ0) is 22.2. The number of amides is 1. The Balaban J connectivity index is 1.60. The van der Waals surface area contributed by atoms with Gasteiger partial charge < -0.3 is 4.74 Å². The Hall–Kier alpha value is -4.06. The van der Waals surface area contributed by atoms with E-state index in [-0.39, 0.29) is 5.91 Å². The Labute approximate surface area is 187 Å². The molecule has 1 N–H and O–H groups in total. The Bertz CT molecular complexity index is 1220. The molecule has 0 spiro atoms. The molecule has 160 valence electrons. The predicted octanol–water partition coefficient (Wildman–Crippen LogP) is 5.24. The summed E-state index contributed by atoms with van der Waals surface area (Å²) < 4.78 is 5.75. The molecular formula is C26H24N4O2. The van der Waals surface area contributed by atoms with Gasteiger partial charge in [-0.1, -0.05) is 31.5 Å². The molecule has 0 aliphatic rings. The third-order valence-electron chi connectivity index (χ3n) is 4.96. The van der Waals surface area contributed by atoms with Crippen LogP contribution in [0.25, 0.3) is 22.2 Å². The van der Waals surface area contributed by atoms with Crippen molar-refractivity contribution in [3.63, 3.8) is 0 Å². The first-order valence-electron chi connectivity index (χ1n) is 10.6. The van der Waals surface area contributed by atoms with Crippen molar-refractivity contribution in [1.82, 2.24) is 15.4 Å². The average Bonchev–Trinajstić information content (AvgIpc) is 2.84. The number of aromatic nitrogens is 2. The van der Waals surface area contributed by atoms with Crippen LogP contribution in [0.4, 0.5) is 0 Å². The number of hydrogen-bond acceptors (Lipinski definition) is 5. The minimum absolute atomic E-state index is 0.297. The maximum absolute atomic E-state index is 12.9. The van der Waals surface area contributed by atoms with Crippen LogP contribution in [0.2, 0.25) is 0 Å². The molecule has 4 aromatic rings. The highest BCUT2D eigenvalue weighted by Crippen LogP contribution is 2.26. The average molecular weight is 425 g/mol. The van der Waals surface area contributed by atoms with Crippen molar-refractivity contribution in [3.8, 4) is 17.0 Å². The molecule has 0 saturated carbocycles. The minimum Gasteiger partial charge on any atom is -0.494 e. The summed E-state index contributed by atoms with van der Waals surface area (Å²) in [6.07, 6.45) is 7.05. The molecule has 4 rings (SSSR count). The van der Waals surface area contributed by atoms with E-state index in [2.05, 4.69) is 22.4 Å². The minimum atomic E-state index is -0.297. The van der Waals surface area contributed by atoms with Gasteiger partial charge in [0.15, 0.2) is 0 Å². The van der Waals surface area contributed by atoms with Crippen molar-refractivity contribution in [2.24, 2.45) is 5.10 Å². The van der Waals surface area contributed by atoms with Crippen molar-refractivity contribution in [2.75, 3.05) is 6.61 Å². The number of nitrogens with zero attached hydrogens (tertiary/aromatic N) is 3. The number of carbonyl (C=O) groups excluding carboxylic acids is 1. The smallest absolute Gasteiger partial charge is 0.272 e. The number of unbranched alkanes of at least 4 members (excludes halogenated alkanes) is 1. The lowest BCUT2D eigenvalue weighted by molar-refractivity contribution is 0.0956. The monoisotopic (exact) mass is 424 g/mol. The lowest BCUT2D eigenvalue weighted by atomic mass is 10.0. The predicted molar refractivity (Wildman–Crippen MR) is 127 cm³/mol. The molecule has 0 radical (unpaired) electrons. The fourth-order valence-electron chi connectivity index (χ4n) is 3.24. The number of hydrogen-bond donors (Lipinski definition) is 1. The second-order valence-corrected chi connectivity index (χ2v) is 7.28. The summed E-state index contributed by atoms with van der Waals surface area (Å²) in [6.45, 7) is 2.84. The number of pyridine rings is 2. The van der Waals surface area contributed by atoms with E-state index in [9.17, 15) is 4.79 Å². The van der Waals surface area contributed by atoms with Gasteiger partial charge in [0.05, 0.1) is 29.6 Å². The second-order valence-electron chi connectivity index (χ2n) is 7.28. The van der Waals surface area contributed by atoms with Crippen LogP contribution in [0.15, 0.2) is 84.2 Å². The molecule has 2 aromatic heterocycles. The third kappa shape index (κ3) is 5.16. The van der Waals surface area contributed by atoms with E-state index in [0.29, 0.717) is 17.9 Å². The molecule has 0 bridgehead atoms. The highest BCUT2D eigenvalue weighted by atomic mass is 16.5. The van der Waals surface area contributed by atoms with Gasteiger partial charge in [0.1, 0.15) is 5.75 Å². The maximum atomic E-state index is 12.9. The van der Waals surface area contributed by atoms with Gasteiger partial charge in [-0.05, 0) is 60.5 Å². The lowest BCUT2D eigenvalue weighted by Crippen LogP contribution is -2.18. The topological polar surface area (TPSA) is 76.5 Å². The van der Waals surface area contributed by atoms with Gasteiger partial charge in [-0.25, -0.2) is 10.4 Å². The Morgan fingerprint density at radius 1 is 1.06 bits per heavy atom. The Morgan fingerprint density at radius 3 is 2.62 bits per heavy atom. The zero-order valence-electron chi connectivity index (χ0n) is 17.9. The third-order valence-corrected chi connectivity index (χ3v) is 4.96. The molecule has 0 atom stereocenters. The molecule has 1 amide bonds. The van der Waals surface area contributed by atoms with E-state index in [0.717, 1.165) is 40.6 Å². The van der Waals surface area contributed by atoms with E-state index in [4.69, 9.17) is 9.72 Å². The van der Waals surface area contributed by atoms with Gasteiger partial charge in [0.2, 0.25) is 0 Å². The van der Waals surface area contributed by atoms with Gasteiger partial charge in [-0.3, -0.25) is 9.78 Å². The second kappa shape index (κ2) is 10.3. The zero-order valence-corrected chi connectivity index (χ0v) is 17.9. The molecule has 2 aromatic carbocycles. The first kappa shape index (κ1) is 21.2. The largest absolute Gasteiger partial charge is 0.494 e. The number of ether oxygens (including phenoxy) is 1. The van der Waals surface area contributed by atoms with Crippen molar-refractivity contribution in [2.45, 2.75) is 19.8 Å². The van der Waals surface area contributed by atoms with E-state index >= 15 is 0 Å². The summed E-state index contributed by atoms with van der Waals surface area (Å²) >= 11 is 0. The van der Waals surface area contributed by atoms with Gasteiger partial charge in [0.25, 0.3) is 5.91 Å². The molecular weight excluding hydrogens is 400 g/mol. The molecule has 6 nitrogen and oxygen atoms in total. The van der Waals surface area contributed by atoms with E-state index in [1.165, 1.54) is 0 Å². The van der Waals surface area contributed by atoms with Crippen molar-refractivity contribution in [3.05, 3.63) is 90.3 Å². The summed E-state index contributed by atoms with van der Waals surface area (Å²) in [5.41, 5.74) is 6.35. The van der Waals surface area contributed by atoms with Crippen LogP contribution in [-0.2, 0) is 0 Å². The first-order valence-corrected chi connectivity index (χ1v) is 10.6. The Kier molecular flexibility index (Phi) is 6.82. The number of hydrazone groups is 1. The van der Waals surface area contributed by atoms with Gasteiger partial charge in [0, 0.05) is 23.3 Å². The molecule has 0 aliphatic heterocycles. The number of nitrogens with one attached hydrogen (secondary N) is 1. The number of rotatable bonds is 8. The van der Waals surface area contributed by atoms with Crippen molar-refractivity contribution in [1.29, 1.82) is 0 Å². The summed E-state index contributed by atoms with van der Waals surface area (Å²) in [5.74, 6) is 0.529. The van der Waals surface area contributed by atoms with Crippen LogP contribution in [-0.4, -0.2) is 28.7 Å². The number of benzene rings is 2. The summed E-state index contributed by atoms with van der Waals surface area (Å²) in [5, 5.41) is 4.86. The molecule has 2 heterocycles. The van der Waals surface area contributed by atoms with Crippen LogP contribution < -0.4 is 10.2 Å². The standard InChI is InChI=1S/C26H24N4O2/c1-2-3-16-32-21-10-8-20(9-11-21)25-17-23(22-6-4-5-7-24(22)29-25)26(31)30-28-18-19-12-14-27-15-13-19/h4-15,17-18H,2-3,16H2,1H3,(H,30,31). The fourth-order valence-corrected chi connectivity index (χ4v) is 3.24. The Morgan fingerprint density at radius 2 is 1.84 bits per heavy atom. The SMILES string of the molecule is CCCCOc1ccc(-c2cc(C(=O)NN=Cc3ccncc3)c3ccccc3n2)cc1. The van der Waals surface area contributed by atoms with Crippen LogP contribution in [0.1, 0.15) is 35.7 Å². The van der Waals surface area contributed by atoms with Crippen molar-refractivity contribution >= 4 is 23.0 Å². The highest BCUT2D eigenvalue weighted by Gasteiger charge is 2.13. The summed E-state index contributed by atoms with van der Waals surface area (Å²) in [7, 11) is 0. The van der Waals surface area contributed by atoms with Gasteiger partial charge in [-0.15, -0.1) is 0 Å². The van der Waals surface area contributed by atoms with Crippen LogP contribution in [0, 0.1) is 0 Å². The first-order chi connectivity index (χ1) is 15.7. The molecule has 0 saturated heterocycles. The number of fused-ring (bicyclic) bond motifs is 1. The molecule has 32 heavy (non-hydrogen) atoms. The van der Waals surface area contributed by atoms with Crippen LogP contribution in [0.3, 0.4) is 0 Å². The van der Waals surface area contributed by atoms with Crippen LogP contribution >= 0.6 is 0 Å². The van der Waals surface area contributed by atoms with E-state index in [1.54, 1.807) is 24.7 Å². The molecule has 0 fully saturated rings. The quantitative estimate of drug-likeness (QED) is 0.238. The highest BCUT2D eigenvalue weighted by molar-refractivity contribution is 6.07. The molecule has 0 aliphatic carbocycles. The normalized spacial score (nSPS) is 11.0. The summed E-state index contributed by atoms with van der Waals surface area (Å²) in [4.78, 5) is 21.7. The molecule has 0 unspecified atom stereocenters.